The summed E-state index contributed by atoms with van der Waals surface area (Å²) in [7, 11) is 0. The van der Waals surface area contributed by atoms with Crippen molar-refractivity contribution in [3.8, 4) is 0 Å². The van der Waals surface area contributed by atoms with Gasteiger partial charge in [0.15, 0.2) is 0 Å². The maximum absolute atomic E-state index is 5.89. The molecule has 1 fully saturated rings. The molecule has 2 atom stereocenters. The Morgan fingerprint density at radius 3 is 2.84 bits per heavy atom. The summed E-state index contributed by atoms with van der Waals surface area (Å²) in [6.07, 6.45) is 1.93. The van der Waals surface area contributed by atoms with E-state index >= 15 is 0 Å². The molecule has 2 unspecified atom stereocenters. The van der Waals surface area contributed by atoms with E-state index in [0.717, 1.165) is 37.9 Å². The predicted octanol–water partition coefficient (Wildman–Crippen LogP) is 1.52. The van der Waals surface area contributed by atoms with Crippen molar-refractivity contribution >= 4 is 0 Å². The van der Waals surface area contributed by atoms with Crippen molar-refractivity contribution in [2.45, 2.75) is 51.8 Å². The summed E-state index contributed by atoms with van der Waals surface area (Å²) in [4.78, 5) is 6.65. The molecule has 0 amide bonds. The zero-order valence-corrected chi connectivity index (χ0v) is 12.3. The molecule has 5 nitrogen and oxygen atoms in total. The fourth-order valence-corrected chi connectivity index (χ4v) is 2.11. The van der Waals surface area contributed by atoms with Gasteiger partial charge in [-0.05, 0) is 6.92 Å². The van der Waals surface area contributed by atoms with Crippen molar-refractivity contribution in [2.75, 3.05) is 19.7 Å². The minimum absolute atomic E-state index is 0.00453. The highest BCUT2D eigenvalue weighted by molar-refractivity contribution is 5.06. The van der Waals surface area contributed by atoms with Gasteiger partial charge in [0.05, 0.1) is 25.5 Å². The van der Waals surface area contributed by atoms with Gasteiger partial charge in [-0.25, -0.2) is 4.98 Å². The summed E-state index contributed by atoms with van der Waals surface area (Å²) in [5.74, 6) is 1.70. The molecule has 2 rings (SSSR count). The van der Waals surface area contributed by atoms with Crippen LogP contribution in [0.5, 0.6) is 0 Å². The molecule has 1 aromatic heterocycles. The Labute approximate surface area is 115 Å². The molecule has 0 radical (unpaired) electrons. The maximum atomic E-state index is 5.89. The highest BCUT2D eigenvalue weighted by Crippen LogP contribution is 2.23. The fraction of sp³-hybridized carbons (Fsp3) is 0.786. The van der Waals surface area contributed by atoms with Gasteiger partial charge in [0.1, 0.15) is 5.76 Å². The summed E-state index contributed by atoms with van der Waals surface area (Å²) in [5, 5.41) is 0. The van der Waals surface area contributed by atoms with Gasteiger partial charge < -0.3 is 14.9 Å². The molecule has 5 heteroatoms. The average Bonchev–Trinajstić information content (AvgIpc) is 2.77. The van der Waals surface area contributed by atoms with Crippen molar-refractivity contribution in [2.24, 2.45) is 5.73 Å². The second kappa shape index (κ2) is 5.61. The first-order valence-electron chi connectivity index (χ1n) is 6.91. The third-order valence-electron chi connectivity index (χ3n) is 3.42. The van der Waals surface area contributed by atoms with Crippen LogP contribution in [0.1, 0.15) is 39.3 Å². The van der Waals surface area contributed by atoms with Crippen LogP contribution in [0.3, 0.4) is 0 Å². The van der Waals surface area contributed by atoms with E-state index in [9.17, 15) is 0 Å². The summed E-state index contributed by atoms with van der Waals surface area (Å²) in [6, 6.07) is 0.0532. The quantitative estimate of drug-likeness (QED) is 0.899. The highest BCUT2D eigenvalue weighted by Gasteiger charge is 2.25. The van der Waals surface area contributed by atoms with Crippen LogP contribution in [0.25, 0.3) is 0 Å². The van der Waals surface area contributed by atoms with E-state index in [1.165, 1.54) is 0 Å². The molecule has 2 N–H and O–H groups in total. The molecule has 1 aliphatic rings. The summed E-state index contributed by atoms with van der Waals surface area (Å²) in [5.41, 5.74) is 5.90. The number of morpholine rings is 1. The third kappa shape index (κ3) is 3.78. The molecule has 0 bridgehead atoms. The Kier molecular flexibility index (Phi) is 4.28. The lowest BCUT2D eigenvalue weighted by Crippen LogP contribution is -2.49. The largest absolute Gasteiger partial charge is 0.444 e. The van der Waals surface area contributed by atoms with Crippen LogP contribution in [0.4, 0.5) is 0 Å². The number of nitrogens with two attached hydrogens (primary N) is 1. The maximum Gasteiger partial charge on any atom is 0.208 e. The molecule has 108 valence electrons. The van der Waals surface area contributed by atoms with E-state index in [1.54, 1.807) is 0 Å². The number of hydrogen-bond donors (Lipinski definition) is 1. The van der Waals surface area contributed by atoms with Crippen LogP contribution in [0, 0.1) is 0 Å². The van der Waals surface area contributed by atoms with Gasteiger partial charge in [-0.2, -0.15) is 0 Å². The highest BCUT2D eigenvalue weighted by atomic mass is 16.5. The third-order valence-corrected chi connectivity index (χ3v) is 3.42. The van der Waals surface area contributed by atoms with Crippen molar-refractivity contribution < 1.29 is 9.15 Å². The molecule has 0 aliphatic carbocycles. The van der Waals surface area contributed by atoms with Crippen LogP contribution in [0.15, 0.2) is 10.6 Å². The monoisotopic (exact) mass is 267 g/mol. The number of hydrogen-bond acceptors (Lipinski definition) is 5. The summed E-state index contributed by atoms with van der Waals surface area (Å²) < 4.78 is 11.5. The molecular weight excluding hydrogens is 242 g/mol. The molecule has 0 aromatic carbocycles. The minimum atomic E-state index is 0.00453. The number of aromatic nitrogens is 1. The average molecular weight is 267 g/mol. The van der Waals surface area contributed by atoms with Gasteiger partial charge in [-0.15, -0.1) is 0 Å². The molecule has 19 heavy (non-hydrogen) atoms. The van der Waals surface area contributed by atoms with Crippen LogP contribution in [-0.4, -0.2) is 41.7 Å². The first kappa shape index (κ1) is 14.5. The molecule has 2 heterocycles. The molecule has 0 saturated carbocycles. The predicted molar refractivity (Wildman–Crippen MR) is 73.9 cm³/mol. The lowest BCUT2D eigenvalue weighted by atomic mass is 9.94. The normalized spacial score (nSPS) is 23.5. The van der Waals surface area contributed by atoms with Crippen LogP contribution >= 0.6 is 0 Å². The van der Waals surface area contributed by atoms with E-state index in [2.05, 4.69) is 30.7 Å². The molecule has 0 spiro atoms. The second-order valence-corrected chi connectivity index (χ2v) is 6.37. The van der Waals surface area contributed by atoms with E-state index < -0.39 is 0 Å². The number of ether oxygens (including phenoxy) is 1. The van der Waals surface area contributed by atoms with Crippen LogP contribution < -0.4 is 5.73 Å². The van der Waals surface area contributed by atoms with Crippen molar-refractivity contribution in [3.05, 3.63) is 17.8 Å². The van der Waals surface area contributed by atoms with Gasteiger partial charge in [0, 0.05) is 24.5 Å². The van der Waals surface area contributed by atoms with Crippen LogP contribution in [0.2, 0.25) is 0 Å². The van der Waals surface area contributed by atoms with Gasteiger partial charge in [0.2, 0.25) is 5.89 Å². The van der Waals surface area contributed by atoms with E-state index in [-0.39, 0.29) is 17.6 Å². The van der Waals surface area contributed by atoms with Gasteiger partial charge in [-0.3, -0.25) is 4.90 Å². The first-order valence-corrected chi connectivity index (χ1v) is 6.91. The van der Waals surface area contributed by atoms with E-state index in [4.69, 9.17) is 14.9 Å². The van der Waals surface area contributed by atoms with Crippen molar-refractivity contribution in [1.29, 1.82) is 0 Å². The zero-order chi connectivity index (χ0) is 14.0. The first-order chi connectivity index (χ1) is 8.86. The van der Waals surface area contributed by atoms with E-state index in [0.29, 0.717) is 0 Å². The lowest BCUT2D eigenvalue weighted by molar-refractivity contribution is -0.0425. The molecule has 1 aromatic rings. The SMILES string of the molecule is CC(N)C1CN(Cc2ncc(C(C)(C)C)o2)CCO1. The van der Waals surface area contributed by atoms with E-state index in [1.807, 2.05) is 13.1 Å². The zero-order valence-electron chi connectivity index (χ0n) is 12.3. The molecule has 1 saturated heterocycles. The van der Waals surface area contributed by atoms with Crippen LogP contribution in [-0.2, 0) is 16.7 Å². The molecular formula is C14H25N3O2. The summed E-state index contributed by atoms with van der Waals surface area (Å²) in [6.45, 7) is 11.5. The minimum Gasteiger partial charge on any atom is -0.444 e. The van der Waals surface area contributed by atoms with Crippen molar-refractivity contribution in [3.63, 3.8) is 0 Å². The smallest absolute Gasteiger partial charge is 0.208 e. The Morgan fingerprint density at radius 1 is 1.53 bits per heavy atom. The van der Waals surface area contributed by atoms with Crippen molar-refractivity contribution in [1.82, 2.24) is 9.88 Å². The standard InChI is InChI=1S/C14H25N3O2/c1-10(15)11-8-17(5-6-18-11)9-13-16-7-12(19-13)14(2,3)4/h7,10-11H,5-6,8-9,15H2,1-4H3. The Hall–Kier alpha value is -0.910. The number of oxazole rings is 1. The van der Waals surface area contributed by atoms with Gasteiger partial charge in [0.25, 0.3) is 0 Å². The summed E-state index contributed by atoms with van der Waals surface area (Å²) >= 11 is 0. The Balaban J connectivity index is 1.95. The molecule has 1 aliphatic heterocycles. The number of rotatable bonds is 3. The van der Waals surface area contributed by atoms with Gasteiger partial charge >= 0.3 is 0 Å². The number of nitrogens with zero attached hydrogens (tertiary/aromatic N) is 2. The fourth-order valence-electron chi connectivity index (χ4n) is 2.11. The Bertz CT molecular complexity index is 409. The lowest BCUT2D eigenvalue weighted by Gasteiger charge is -2.33. The van der Waals surface area contributed by atoms with Gasteiger partial charge in [-0.1, -0.05) is 20.8 Å². The second-order valence-electron chi connectivity index (χ2n) is 6.37. The Morgan fingerprint density at radius 2 is 2.26 bits per heavy atom. The topological polar surface area (TPSA) is 64.5 Å².